The summed E-state index contributed by atoms with van der Waals surface area (Å²) in [6.45, 7) is 0.308. The predicted octanol–water partition coefficient (Wildman–Crippen LogP) is 7.28. The van der Waals surface area contributed by atoms with E-state index in [4.69, 9.17) is 9.15 Å². The molecule has 9 heteroatoms. The highest BCUT2D eigenvalue weighted by molar-refractivity contribution is 6.10. The molecule has 1 unspecified atom stereocenters. The minimum atomic E-state index is -4.65. The zero-order chi connectivity index (χ0) is 28.0. The molecule has 5 aromatic rings. The fraction of sp³-hybridized carbons (Fsp3) is 0.0968. The summed E-state index contributed by atoms with van der Waals surface area (Å²) < 4.78 is 66.2. The number of hydrogen-bond acceptors (Lipinski definition) is 4. The number of anilines is 1. The fourth-order valence-corrected chi connectivity index (χ4v) is 4.85. The third-order valence-electron chi connectivity index (χ3n) is 6.73. The normalized spacial score (nSPS) is 14.9. The third-order valence-corrected chi connectivity index (χ3v) is 6.73. The van der Waals surface area contributed by atoms with Gasteiger partial charge < -0.3 is 9.15 Å². The molecule has 1 aliphatic rings. The Balaban J connectivity index is 1.46. The van der Waals surface area contributed by atoms with Crippen molar-refractivity contribution in [1.29, 1.82) is 0 Å². The Morgan fingerprint density at radius 3 is 2.33 bits per heavy atom. The molecule has 0 saturated carbocycles. The van der Waals surface area contributed by atoms with Crippen LogP contribution >= 0.6 is 0 Å². The Hall–Kier alpha value is -4.92. The maximum atomic E-state index is 14.0. The molecule has 0 fully saturated rings. The monoisotopic (exact) mass is 545 g/mol. The highest BCUT2D eigenvalue weighted by atomic mass is 19.4. The number of carbonyl (C=O) groups excluding carboxylic acids is 1. The van der Waals surface area contributed by atoms with Gasteiger partial charge in [0.15, 0.2) is 5.43 Å². The van der Waals surface area contributed by atoms with Crippen LogP contribution in [0.4, 0.5) is 23.2 Å². The largest absolute Gasteiger partial charge is 0.489 e. The maximum absolute atomic E-state index is 14.0. The lowest BCUT2D eigenvalue weighted by Crippen LogP contribution is -2.29. The van der Waals surface area contributed by atoms with E-state index in [0.717, 1.165) is 34.7 Å². The van der Waals surface area contributed by atoms with E-state index < -0.39 is 34.9 Å². The van der Waals surface area contributed by atoms with Crippen LogP contribution in [0, 0.1) is 5.82 Å². The Morgan fingerprint density at radius 1 is 0.850 bits per heavy atom. The van der Waals surface area contributed by atoms with Gasteiger partial charge >= 0.3 is 6.18 Å². The lowest BCUT2D eigenvalue weighted by molar-refractivity contribution is -0.137. The van der Waals surface area contributed by atoms with Gasteiger partial charge in [0.2, 0.25) is 5.76 Å². The number of amides is 1. The lowest BCUT2D eigenvalue weighted by Gasteiger charge is -2.26. The quantitative estimate of drug-likeness (QED) is 0.218. The second-order valence-corrected chi connectivity index (χ2v) is 9.28. The second-order valence-electron chi connectivity index (χ2n) is 9.28. The van der Waals surface area contributed by atoms with Crippen LogP contribution in [0.25, 0.3) is 11.0 Å². The number of halogens is 4. The van der Waals surface area contributed by atoms with Crippen LogP contribution in [0.2, 0.25) is 0 Å². The van der Waals surface area contributed by atoms with Gasteiger partial charge in [-0.05, 0) is 59.7 Å². The molecule has 1 atom stereocenters. The number of hydrogen-bond donors (Lipinski definition) is 0. The minimum Gasteiger partial charge on any atom is -0.489 e. The SMILES string of the molecule is O=C1c2oc3ccc(F)cc3c(=O)c2C(c2ccc(OCc3ccccc3)cc2)N1c1cccc(C(F)(F)F)c1. The van der Waals surface area contributed by atoms with E-state index in [1.165, 1.54) is 18.2 Å². The average Bonchev–Trinajstić information content (AvgIpc) is 3.25. The van der Waals surface area contributed by atoms with Crippen molar-refractivity contribution in [2.24, 2.45) is 0 Å². The molecule has 2 heterocycles. The topological polar surface area (TPSA) is 59.8 Å². The van der Waals surface area contributed by atoms with Crippen LogP contribution in [0.3, 0.4) is 0 Å². The molecule has 40 heavy (non-hydrogen) atoms. The zero-order valence-electron chi connectivity index (χ0n) is 20.6. The first-order valence-electron chi connectivity index (χ1n) is 12.2. The molecule has 1 aromatic heterocycles. The Labute approximate surface area is 224 Å². The van der Waals surface area contributed by atoms with E-state index in [0.29, 0.717) is 17.9 Å². The number of rotatable bonds is 5. The van der Waals surface area contributed by atoms with Crippen molar-refractivity contribution in [3.8, 4) is 5.75 Å². The number of carbonyl (C=O) groups is 1. The molecule has 200 valence electrons. The summed E-state index contributed by atoms with van der Waals surface area (Å²) in [5, 5.41) is -0.0785. The van der Waals surface area contributed by atoms with Crippen molar-refractivity contribution in [3.05, 3.63) is 141 Å². The summed E-state index contributed by atoms with van der Waals surface area (Å²) in [5.74, 6) is -1.26. The summed E-state index contributed by atoms with van der Waals surface area (Å²) >= 11 is 0. The van der Waals surface area contributed by atoms with Crippen molar-refractivity contribution >= 4 is 22.6 Å². The van der Waals surface area contributed by atoms with E-state index in [2.05, 4.69) is 0 Å². The van der Waals surface area contributed by atoms with Crippen molar-refractivity contribution in [1.82, 2.24) is 0 Å². The molecule has 0 saturated heterocycles. The number of nitrogens with zero attached hydrogens (tertiary/aromatic N) is 1. The second kappa shape index (κ2) is 9.68. The van der Waals surface area contributed by atoms with E-state index in [1.54, 1.807) is 24.3 Å². The molecular formula is C31H19F4NO4. The summed E-state index contributed by atoms with van der Waals surface area (Å²) in [7, 11) is 0. The van der Waals surface area contributed by atoms with Crippen LogP contribution < -0.4 is 15.1 Å². The van der Waals surface area contributed by atoms with Gasteiger partial charge in [-0.3, -0.25) is 14.5 Å². The van der Waals surface area contributed by atoms with Gasteiger partial charge in [0.1, 0.15) is 23.8 Å². The van der Waals surface area contributed by atoms with Crippen LogP contribution in [-0.4, -0.2) is 5.91 Å². The Bertz CT molecular complexity index is 1800. The number of fused-ring (bicyclic) bond motifs is 2. The summed E-state index contributed by atoms with van der Waals surface area (Å²) in [5.41, 5.74) is -0.382. The van der Waals surface area contributed by atoms with Crippen LogP contribution in [0.1, 0.15) is 38.9 Å². The molecule has 4 aromatic carbocycles. The average molecular weight is 545 g/mol. The van der Waals surface area contributed by atoms with Gasteiger partial charge in [0.05, 0.1) is 22.6 Å². The molecule has 1 amide bonds. The van der Waals surface area contributed by atoms with Crippen molar-refractivity contribution in [2.45, 2.75) is 18.8 Å². The van der Waals surface area contributed by atoms with Crippen molar-refractivity contribution in [2.75, 3.05) is 4.90 Å². The predicted molar refractivity (Wildman–Crippen MR) is 140 cm³/mol. The molecule has 0 spiro atoms. The first-order chi connectivity index (χ1) is 19.2. The molecule has 1 aliphatic heterocycles. The first-order valence-corrected chi connectivity index (χ1v) is 12.2. The van der Waals surface area contributed by atoms with Gasteiger partial charge in [-0.15, -0.1) is 0 Å². The minimum absolute atomic E-state index is 0.00666. The smallest absolute Gasteiger partial charge is 0.416 e. The molecule has 0 radical (unpaired) electrons. The van der Waals surface area contributed by atoms with Gasteiger partial charge in [-0.25, -0.2) is 4.39 Å². The highest BCUT2D eigenvalue weighted by Crippen LogP contribution is 2.43. The Kier molecular flexibility index (Phi) is 6.14. The van der Waals surface area contributed by atoms with Crippen LogP contribution in [0.15, 0.2) is 106 Å². The van der Waals surface area contributed by atoms with Gasteiger partial charge in [-0.2, -0.15) is 13.2 Å². The zero-order valence-corrected chi connectivity index (χ0v) is 20.6. The molecule has 6 rings (SSSR count). The number of ether oxygens (including phenoxy) is 1. The van der Waals surface area contributed by atoms with Gasteiger partial charge in [0, 0.05) is 5.69 Å². The first kappa shape index (κ1) is 25.4. The van der Waals surface area contributed by atoms with E-state index >= 15 is 0 Å². The van der Waals surface area contributed by atoms with Gasteiger partial charge in [0.25, 0.3) is 5.91 Å². The molecule has 0 aliphatic carbocycles. The van der Waals surface area contributed by atoms with Gasteiger partial charge in [-0.1, -0.05) is 48.5 Å². The maximum Gasteiger partial charge on any atom is 0.416 e. The molecule has 5 nitrogen and oxygen atoms in total. The van der Waals surface area contributed by atoms with Crippen LogP contribution in [-0.2, 0) is 12.8 Å². The third kappa shape index (κ3) is 4.49. The molecular weight excluding hydrogens is 526 g/mol. The van der Waals surface area contributed by atoms with E-state index in [-0.39, 0.29) is 28.0 Å². The number of alkyl halides is 3. The van der Waals surface area contributed by atoms with E-state index in [9.17, 15) is 27.2 Å². The molecule has 0 N–H and O–H groups in total. The van der Waals surface area contributed by atoms with Crippen LogP contribution in [0.5, 0.6) is 5.75 Å². The summed E-state index contributed by atoms with van der Waals surface area (Å²) in [4.78, 5) is 28.4. The van der Waals surface area contributed by atoms with Crippen molar-refractivity contribution in [3.63, 3.8) is 0 Å². The summed E-state index contributed by atoms with van der Waals surface area (Å²) in [6.07, 6.45) is -4.65. The molecule has 0 bridgehead atoms. The highest BCUT2D eigenvalue weighted by Gasteiger charge is 2.44. The lowest BCUT2D eigenvalue weighted by atomic mass is 9.98. The fourth-order valence-electron chi connectivity index (χ4n) is 4.85. The summed E-state index contributed by atoms with van der Waals surface area (Å²) in [6, 6.07) is 22.5. The number of benzene rings is 4. The van der Waals surface area contributed by atoms with Crippen molar-refractivity contribution < 1.29 is 31.5 Å². The van der Waals surface area contributed by atoms with E-state index in [1.807, 2.05) is 30.3 Å². The Morgan fingerprint density at radius 2 is 1.60 bits per heavy atom. The standard InChI is InChI=1S/C31H19F4NO4/c32-21-11-14-25-24(16-21)28(37)26-27(19-9-12-23(13-10-19)39-17-18-5-2-1-3-6-18)36(30(38)29(26)40-25)22-8-4-7-20(15-22)31(33,34)35/h1-16,27H,17H2.